The maximum atomic E-state index is 8.17. The number of rotatable bonds is 4. The molecule has 0 bridgehead atoms. The predicted molar refractivity (Wildman–Crippen MR) is 69.0 cm³/mol. The van der Waals surface area contributed by atoms with Gasteiger partial charge in [0.2, 0.25) is 0 Å². The summed E-state index contributed by atoms with van der Waals surface area (Å²) in [6.45, 7) is 11.5. The Labute approximate surface area is 98.2 Å². The third-order valence-electron chi connectivity index (χ3n) is 3.85. The Kier molecular flexibility index (Phi) is 4.11. The first kappa shape index (κ1) is 11.5. The average Bonchev–Trinajstić information content (AvgIpc) is 2.09. The van der Waals surface area contributed by atoms with Crippen molar-refractivity contribution < 1.29 is 1.37 Å². The molecule has 0 N–H and O–H groups in total. The molecule has 0 atom stereocenters. The summed E-state index contributed by atoms with van der Waals surface area (Å²) in [6.07, 6.45) is 7.49. The molecule has 0 aromatic heterocycles. The third-order valence-corrected chi connectivity index (χ3v) is 3.85. The highest BCUT2D eigenvalue weighted by Gasteiger charge is 2.34. The van der Waals surface area contributed by atoms with Gasteiger partial charge < -0.3 is 0 Å². The number of hydrogen-bond acceptors (Lipinski definition) is 0. The summed E-state index contributed by atoms with van der Waals surface area (Å²) in [5, 5.41) is 0. The fraction of sp³-hybridized carbons (Fsp3) is 1.00. The quantitative estimate of drug-likeness (QED) is 0.594. The van der Waals surface area contributed by atoms with Crippen LogP contribution in [0.1, 0.15) is 74.5 Å². The Morgan fingerprint density at radius 3 is 1.80 bits per heavy atom. The second-order valence-electron chi connectivity index (χ2n) is 6.65. The van der Waals surface area contributed by atoms with Gasteiger partial charge in [0, 0.05) is 1.37 Å². The Hall–Kier alpha value is 0. The molecular weight excluding hydrogens is 180 g/mol. The van der Waals surface area contributed by atoms with E-state index in [0.717, 1.165) is 24.7 Å². The molecular formula is C15H30. The lowest BCUT2D eigenvalue weighted by Gasteiger charge is -2.42. The molecule has 1 fully saturated rings. The highest BCUT2D eigenvalue weighted by Crippen LogP contribution is 2.47. The minimum Gasteiger partial charge on any atom is -0.0628 e. The van der Waals surface area contributed by atoms with Gasteiger partial charge in [-0.25, -0.2) is 0 Å². The van der Waals surface area contributed by atoms with Crippen LogP contribution in [0.25, 0.3) is 0 Å². The van der Waals surface area contributed by atoms with Crippen molar-refractivity contribution >= 4 is 0 Å². The summed E-state index contributed by atoms with van der Waals surface area (Å²) in [5.74, 6) is 1.46. The van der Waals surface area contributed by atoms with Gasteiger partial charge in [-0.2, -0.15) is 0 Å². The molecule has 0 heterocycles. The van der Waals surface area contributed by atoms with Gasteiger partial charge in [-0.3, -0.25) is 0 Å². The molecule has 0 aromatic rings. The lowest BCUT2D eigenvalue weighted by Crippen LogP contribution is -2.30. The highest BCUT2D eigenvalue weighted by atomic mass is 14.4. The molecule has 0 amide bonds. The van der Waals surface area contributed by atoms with E-state index in [9.17, 15) is 0 Å². The topological polar surface area (TPSA) is 0 Å². The molecule has 0 heteroatoms. The minimum atomic E-state index is -0.141. The molecule has 1 aliphatic rings. The van der Waals surface area contributed by atoms with E-state index in [1.807, 2.05) is 0 Å². The van der Waals surface area contributed by atoms with Crippen molar-refractivity contribution in [1.29, 1.82) is 0 Å². The minimum absolute atomic E-state index is 0.141. The van der Waals surface area contributed by atoms with Gasteiger partial charge >= 0.3 is 0 Å². The molecule has 0 aromatic carbocycles. The molecule has 0 unspecified atom stereocenters. The second-order valence-corrected chi connectivity index (χ2v) is 6.65. The molecule has 0 saturated heterocycles. The molecule has 0 spiro atoms. The zero-order valence-electron chi connectivity index (χ0n) is 12.4. The van der Waals surface area contributed by atoms with Gasteiger partial charge in [0.25, 0.3) is 0 Å². The van der Waals surface area contributed by atoms with E-state index >= 15 is 0 Å². The summed E-state index contributed by atoms with van der Waals surface area (Å²) < 4.78 is 8.17. The van der Waals surface area contributed by atoms with Crippen LogP contribution in [0.3, 0.4) is 0 Å². The zero-order chi connectivity index (χ0) is 12.4. The van der Waals surface area contributed by atoms with Crippen LogP contribution in [0, 0.1) is 23.1 Å². The summed E-state index contributed by atoms with van der Waals surface area (Å²) in [4.78, 5) is 0. The highest BCUT2D eigenvalue weighted by molar-refractivity contribution is 4.86. The van der Waals surface area contributed by atoms with Crippen LogP contribution in [0.5, 0.6) is 0 Å². The SMILES string of the molecule is [2H]C1(C)CCC(CC(C)C)(CC(C)C)CC1. The van der Waals surface area contributed by atoms with Crippen molar-refractivity contribution in [2.45, 2.75) is 73.1 Å². The van der Waals surface area contributed by atoms with Crippen LogP contribution >= 0.6 is 0 Å². The van der Waals surface area contributed by atoms with Gasteiger partial charge in [0.1, 0.15) is 0 Å². The summed E-state index contributed by atoms with van der Waals surface area (Å²) in [6, 6.07) is 0. The standard InChI is InChI=1S/C15H30/c1-12(2)10-15(11-13(3)4)8-6-14(5)7-9-15/h12-14H,6-11H2,1-5H3/i14D. The van der Waals surface area contributed by atoms with E-state index in [2.05, 4.69) is 34.6 Å². The van der Waals surface area contributed by atoms with Crippen molar-refractivity contribution in [3.63, 3.8) is 0 Å². The Morgan fingerprint density at radius 1 is 1.07 bits per heavy atom. The van der Waals surface area contributed by atoms with Crippen LogP contribution in [-0.4, -0.2) is 0 Å². The molecule has 0 aliphatic heterocycles. The van der Waals surface area contributed by atoms with Crippen molar-refractivity contribution in [3.8, 4) is 0 Å². The smallest absolute Gasteiger partial charge is 0.0300 e. The fourth-order valence-corrected chi connectivity index (χ4v) is 3.43. The largest absolute Gasteiger partial charge is 0.0628 e. The van der Waals surface area contributed by atoms with E-state index in [4.69, 9.17) is 1.37 Å². The van der Waals surface area contributed by atoms with Crippen LogP contribution in [0.2, 0.25) is 0 Å². The van der Waals surface area contributed by atoms with E-state index in [1.165, 1.54) is 25.7 Å². The van der Waals surface area contributed by atoms with Crippen molar-refractivity contribution in [3.05, 3.63) is 0 Å². The normalized spacial score (nSPS) is 25.7. The first-order valence-corrected chi connectivity index (χ1v) is 6.75. The lowest BCUT2D eigenvalue weighted by molar-refractivity contribution is 0.0962. The second kappa shape index (κ2) is 5.37. The monoisotopic (exact) mass is 211 g/mol. The van der Waals surface area contributed by atoms with E-state index in [1.54, 1.807) is 0 Å². The van der Waals surface area contributed by atoms with Gasteiger partial charge in [-0.1, -0.05) is 47.5 Å². The molecule has 90 valence electrons. The first-order valence-electron chi connectivity index (χ1n) is 7.25. The maximum absolute atomic E-state index is 8.17. The van der Waals surface area contributed by atoms with E-state index < -0.39 is 0 Å². The maximum Gasteiger partial charge on any atom is 0.0300 e. The molecule has 1 aliphatic carbocycles. The Balaban J connectivity index is 2.66. The van der Waals surface area contributed by atoms with Crippen LogP contribution in [0.4, 0.5) is 0 Å². The summed E-state index contributed by atoms with van der Waals surface area (Å²) in [5.41, 5.74) is 0.558. The van der Waals surface area contributed by atoms with Crippen LogP contribution < -0.4 is 0 Å². The Morgan fingerprint density at radius 2 is 1.47 bits per heavy atom. The Bertz CT molecular complexity index is 193. The molecule has 0 nitrogen and oxygen atoms in total. The van der Waals surface area contributed by atoms with E-state index in [0.29, 0.717) is 5.41 Å². The van der Waals surface area contributed by atoms with Gasteiger partial charge in [-0.15, -0.1) is 0 Å². The van der Waals surface area contributed by atoms with E-state index in [-0.39, 0.29) is 5.89 Å². The fourth-order valence-electron chi connectivity index (χ4n) is 3.43. The molecule has 15 heavy (non-hydrogen) atoms. The first-order chi connectivity index (χ1) is 7.25. The van der Waals surface area contributed by atoms with Crippen molar-refractivity contribution in [2.75, 3.05) is 0 Å². The molecule has 1 rings (SSSR count). The summed E-state index contributed by atoms with van der Waals surface area (Å²) in [7, 11) is 0. The third kappa shape index (κ3) is 4.17. The molecule has 1 saturated carbocycles. The number of hydrogen-bond donors (Lipinski definition) is 0. The van der Waals surface area contributed by atoms with Crippen molar-refractivity contribution in [2.24, 2.45) is 23.1 Å². The van der Waals surface area contributed by atoms with Gasteiger partial charge in [-0.05, 0) is 48.8 Å². The lowest BCUT2D eigenvalue weighted by atomic mass is 9.63. The zero-order valence-corrected chi connectivity index (χ0v) is 11.4. The van der Waals surface area contributed by atoms with Crippen molar-refractivity contribution in [1.82, 2.24) is 0 Å². The van der Waals surface area contributed by atoms with Gasteiger partial charge in [0.05, 0.1) is 0 Å². The molecule has 0 radical (unpaired) electrons. The predicted octanol–water partition coefficient (Wildman–Crippen LogP) is 5.28. The van der Waals surface area contributed by atoms with Crippen LogP contribution in [-0.2, 0) is 0 Å². The summed E-state index contributed by atoms with van der Waals surface area (Å²) >= 11 is 0. The average molecular weight is 211 g/mol. The van der Waals surface area contributed by atoms with Gasteiger partial charge in [0.15, 0.2) is 0 Å². The van der Waals surface area contributed by atoms with Crippen LogP contribution in [0.15, 0.2) is 0 Å².